The average Bonchev–Trinajstić information content (AvgIpc) is 3.33. The molecule has 2 aliphatic rings. The first-order chi connectivity index (χ1) is 18.4. The smallest absolute Gasteiger partial charge is 0.264 e. The topological polar surface area (TPSA) is 109 Å². The lowest BCUT2D eigenvalue weighted by atomic mass is 9.98. The molecule has 2 aliphatic heterocycles. The Kier molecular flexibility index (Phi) is 8.95. The number of anilines is 1. The number of nitrogens with one attached hydrogen (secondary N) is 2. The number of amidine groups is 1. The van der Waals surface area contributed by atoms with E-state index >= 15 is 0 Å². The van der Waals surface area contributed by atoms with Gasteiger partial charge in [-0.2, -0.15) is 0 Å². The number of nitrogen functional groups attached to an aromatic ring is 1. The Balaban J connectivity index is 0.00000185. The molecule has 1 saturated heterocycles. The predicted molar refractivity (Wildman–Crippen MR) is 165 cm³/mol. The first-order valence-corrected chi connectivity index (χ1v) is 14.3. The molecule has 4 N–H and O–H groups in total. The van der Waals surface area contributed by atoms with Crippen LogP contribution in [0, 0.1) is 5.41 Å². The van der Waals surface area contributed by atoms with E-state index in [1.54, 1.807) is 28.6 Å². The summed E-state index contributed by atoms with van der Waals surface area (Å²) in [4.78, 5) is 0.257. The molecule has 6 rings (SSSR count). The van der Waals surface area contributed by atoms with Gasteiger partial charge in [-0.05, 0) is 90.3 Å². The van der Waals surface area contributed by atoms with Crippen molar-refractivity contribution in [1.82, 2.24) is 5.32 Å². The van der Waals surface area contributed by atoms with Crippen molar-refractivity contribution in [3.63, 3.8) is 0 Å². The third-order valence-electron chi connectivity index (χ3n) is 7.43. The SMILES string of the molecule is Cl.Cl.N=C(N)c1ccc2ccc(C3Cc4cc(OC5CCNCC5)ccc4N3S(=O)(=O)c3ccccc3)cc2c1. The molecule has 0 aliphatic carbocycles. The normalized spacial score (nSPS) is 17.0. The standard InChI is InChI=1S/C30H30N4O3S.2ClH/c31-30(32)22-9-7-20-6-8-21(16-23(20)17-22)29-19-24-18-26(37-25-12-14-33-15-13-25)10-11-28(24)34(29)38(35,36)27-4-2-1-3-5-27;;/h1-11,16-18,25,29,33H,12-15,19H2,(H3,31,32);2*1H. The van der Waals surface area contributed by atoms with E-state index in [0.717, 1.165) is 53.6 Å². The zero-order valence-electron chi connectivity index (χ0n) is 21.7. The molecule has 0 saturated carbocycles. The minimum absolute atomic E-state index is 0. The van der Waals surface area contributed by atoms with Crippen molar-refractivity contribution in [2.24, 2.45) is 5.73 Å². The fourth-order valence-corrected chi connectivity index (χ4v) is 7.17. The minimum Gasteiger partial charge on any atom is -0.490 e. The minimum atomic E-state index is -3.83. The molecule has 4 aromatic carbocycles. The van der Waals surface area contributed by atoms with Gasteiger partial charge in [0.1, 0.15) is 17.7 Å². The molecule has 10 heteroatoms. The lowest BCUT2D eigenvalue weighted by molar-refractivity contribution is 0.162. The molecule has 1 fully saturated rings. The maximum absolute atomic E-state index is 14.0. The van der Waals surface area contributed by atoms with Crippen LogP contribution in [0.4, 0.5) is 5.69 Å². The highest BCUT2D eigenvalue weighted by molar-refractivity contribution is 7.92. The van der Waals surface area contributed by atoms with Gasteiger partial charge in [0.25, 0.3) is 10.0 Å². The van der Waals surface area contributed by atoms with Crippen LogP contribution in [0.1, 0.15) is 35.6 Å². The van der Waals surface area contributed by atoms with Crippen molar-refractivity contribution in [3.05, 3.63) is 102 Å². The molecular formula is C30H32Cl2N4O3S. The Morgan fingerprint density at radius 3 is 2.35 bits per heavy atom. The van der Waals surface area contributed by atoms with E-state index < -0.39 is 16.1 Å². The summed E-state index contributed by atoms with van der Waals surface area (Å²) in [6.45, 7) is 1.88. The molecule has 40 heavy (non-hydrogen) atoms. The number of nitrogens with zero attached hydrogens (tertiary/aromatic N) is 1. The van der Waals surface area contributed by atoms with Crippen LogP contribution in [0.5, 0.6) is 5.75 Å². The highest BCUT2D eigenvalue weighted by Gasteiger charge is 2.39. The lowest BCUT2D eigenvalue weighted by Gasteiger charge is -2.28. The van der Waals surface area contributed by atoms with Crippen LogP contribution in [0.15, 0.2) is 89.8 Å². The van der Waals surface area contributed by atoms with Crippen LogP contribution >= 0.6 is 24.8 Å². The Hall–Kier alpha value is -3.30. The number of halogens is 2. The maximum Gasteiger partial charge on any atom is 0.264 e. The number of nitrogens with two attached hydrogens (primary N) is 1. The molecule has 0 spiro atoms. The van der Waals surface area contributed by atoms with Crippen LogP contribution in [-0.2, 0) is 16.4 Å². The van der Waals surface area contributed by atoms with E-state index in [0.29, 0.717) is 17.7 Å². The molecule has 2 heterocycles. The zero-order chi connectivity index (χ0) is 26.3. The Bertz CT molecular complexity index is 1630. The largest absolute Gasteiger partial charge is 0.490 e. The van der Waals surface area contributed by atoms with Gasteiger partial charge in [-0.1, -0.05) is 42.5 Å². The third-order valence-corrected chi connectivity index (χ3v) is 9.27. The van der Waals surface area contributed by atoms with Crippen LogP contribution in [-0.4, -0.2) is 33.4 Å². The molecule has 1 unspecified atom stereocenters. The number of hydrogen-bond donors (Lipinski definition) is 3. The summed E-state index contributed by atoms with van der Waals surface area (Å²) in [6.07, 6.45) is 2.59. The zero-order valence-corrected chi connectivity index (χ0v) is 24.2. The van der Waals surface area contributed by atoms with Gasteiger partial charge in [-0.15, -0.1) is 24.8 Å². The van der Waals surface area contributed by atoms with Crippen molar-refractivity contribution >= 4 is 57.1 Å². The molecule has 0 bridgehead atoms. The van der Waals surface area contributed by atoms with Gasteiger partial charge < -0.3 is 15.8 Å². The summed E-state index contributed by atoms with van der Waals surface area (Å²) in [7, 11) is -3.83. The van der Waals surface area contributed by atoms with Crippen LogP contribution in [0.3, 0.4) is 0 Å². The molecule has 0 radical (unpaired) electrons. The highest BCUT2D eigenvalue weighted by Crippen LogP contribution is 2.45. The summed E-state index contributed by atoms with van der Waals surface area (Å²) in [6, 6.07) is 25.6. The number of hydrogen-bond acceptors (Lipinski definition) is 5. The van der Waals surface area contributed by atoms with E-state index in [-0.39, 0.29) is 41.6 Å². The molecule has 7 nitrogen and oxygen atoms in total. The highest BCUT2D eigenvalue weighted by atomic mass is 35.5. The van der Waals surface area contributed by atoms with Gasteiger partial charge in [0.2, 0.25) is 0 Å². The molecule has 1 atom stereocenters. The van der Waals surface area contributed by atoms with Crippen molar-refractivity contribution in [1.29, 1.82) is 5.41 Å². The summed E-state index contributed by atoms with van der Waals surface area (Å²) in [5.74, 6) is 0.776. The Labute approximate surface area is 247 Å². The Morgan fingerprint density at radius 2 is 1.62 bits per heavy atom. The van der Waals surface area contributed by atoms with E-state index in [1.165, 1.54) is 0 Å². The third kappa shape index (κ3) is 5.63. The lowest BCUT2D eigenvalue weighted by Crippen LogP contribution is -2.34. The van der Waals surface area contributed by atoms with E-state index in [1.807, 2.05) is 60.7 Å². The second kappa shape index (κ2) is 12.1. The maximum atomic E-state index is 14.0. The molecule has 4 aromatic rings. The van der Waals surface area contributed by atoms with Gasteiger partial charge in [-0.25, -0.2) is 8.42 Å². The van der Waals surface area contributed by atoms with Crippen molar-refractivity contribution in [2.75, 3.05) is 17.4 Å². The summed E-state index contributed by atoms with van der Waals surface area (Å²) in [5, 5.41) is 13.1. The molecular weight excluding hydrogens is 567 g/mol. The van der Waals surface area contributed by atoms with Crippen molar-refractivity contribution in [3.8, 4) is 5.75 Å². The molecule has 210 valence electrons. The number of piperidine rings is 1. The fourth-order valence-electron chi connectivity index (χ4n) is 5.47. The monoisotopic (exact) mass is 598 g/mol. The fraction of sp³-hybridized carbons (Fsp3) is 0.233. The van der Waals surface area contributed by atoms with Gasteiger partial charge >= 0.3 is 0 Å². The van der Waals surface area contributed by atoms with Crippen molar-refractivity contribution < 1.29 is 13.2 Å². The number of sulfonamides is 1. The van der Waals surface area contributed by atoms with Gasteiger partial charge in [-0.3, -0.25) is 9.71 Å². The summed E-state index contributed by atoms with van der Waals surface area (Å²) >= 11 is 0. The number of ether oxygens (including phenoxy) is 1. The van der Waals surface area contributed by atoms with Gasteiger partial charge in [0.05, 0.1) is 16.6 Å². The number of fused-ring (bicyclic) bond motifs is 2. The first kappa shape index (κ1) is 29.7. The van der Waals surface area contributed by atoms with Crippen LogP contribution in [0.25, 0.3) is 10.8 Å². The molecule has 0 aromatic heterocycles. The summed E-state index contributed by atoms with van der Waals surface area (Å²) < 4.78 is 35.9. The van der Waals surface area contributed by atoms with Crippen LogP contribution in [0.2, 0.25) is 0 Å². The second-order valence-electron chi connectivity index (χ2n) is 9.93. The second-order valence-corrected chi connectivity index (χ2v) is 11.7. The molecule has 0 amide bonds. The van der Waals surface area contributed by atoms with E-state index in [4.69, 9.17) is 15.9 Å². The number of rotatable bonds is 6. The quantitative estimate of drug-likeness (QED) is 0.198. The van der Waals surface area contributed by atoms with E-state index in [2.05, 4.69) is 5.32 Å². The van der Waals surface area contributed by atoms with Gasteiger partial charge in [0.15, 0.2) is 0 Å². The van der Waals surface area contributed by atoms with Crippen molar-refractivity contribution in [2.45, 2.75) is 36.3 Å². The van der Waals surface area contributed by atoms with E-state index in [9.17, 15) is 8.42 Å². The summed E-state index contributed by atoms with van der Waals surface area (Å²) in [5.41, 5.74) is 8.87. The van der Waals surface area contributed by atoms with Gasteiger partial charge in [0, 0.05) is 12.0 Å². The van der Waals surface area contributed by atoms with Crippen LogP contribution < -0.4 is 20.1 Å². The first-order valence-electron chi connectivity index (χ1n) is 12.9. The Morgan fingerprint density at radius 1 is 0.900 bits per heavy atom. The number of benzene rings is 4. The average molecular weight is 600 g/mol. The predicted octanol–water partition coefficient (Wildman–Crippen LogP) is 5.59.